The van der Waals surface area contributed by atoms with Crippen LogP contribution in [-0.4, -0.2) is 34.5 Å². The highest BCUT2D eigenvalue weighted by Crippen LogP contribution is 2.77. The van der Waals surface area contributed by atoms with Crippen molar-refractivity contribution in [2.24, 2.45) is 17.8 Å². The van der Waals surface area contributed by atoms with Crippen LogP contribution in [0.1, 0.15) is 24.8 Å². The summed E-state index contributed by atoms with van der Waals surface area (Å²) in [6.45, 7) is 0. The van der Waals surface area contributed by atoms with E-state index in [1.165, 1.54) is 24.8 Å². The van der Waals surface area contributed by atoms with Gasteiger partial charge in [0.25, 0.3) is 0 Å². The Bertz CT molecular complexity index is 3220. The molecule has 0 aliphatic heterocycles. The monoisotopic (exact) mass is 771 g/mol. The molecule has 0 bridgehead atoms. The minimum atomic E-state index is 0.321. The highest BCUT2D eigenvalue weighted by molar-refractivity contribution is 6.09. The molecular formula is C53H37N7. The molecule has 3 fully saturated rings. The second kappa shape index (κ2) is 12.8. The maximum atomic E-state index is 5.41. The molecule has 0 spiro atoms. The topological polar surface area (TPSA) is 82.3 Å². The molecular weight excluding hydrogens is 735 g/mol. The summed E-state index contributed by atoms with van der Waals surface area (Å²) in [5, 5.41) is 4.38. The van der Waals surface area contributed by atoms with Crippen LogP contribution in [0, 0.1) is 17.8 Å². The van der Waals surface area contributed by atoms with Crippen LogP contribution in [0.3, 0.4) is 0 Å². The Hall–Kier alpha value is -7.38. The Morgan fingerprint density at radius 1 is 0.417 bits per heavy atom. The van der Waals surface area contributed by atoms with Crippen LogP contribution in [-0.2, 0) is 5.41 Å². The van der Waals surface area contributed by atoms with Crippen molar-refractivity contribution in [1.29, 1.82) is 0 Å². The fraction of sp³-hybridized carbons (Fsp3) is 0.132. The zero-order valence-corrected chi connectivity index (χ0v) is 32.6. The zero-order valence-electron chi connectivity index (χ0n) is 32.6. The first-order valence-corrected chi connectivity index (χ1v) is 20.9. The lowest BCUT2D eigenvalue weighted by molar-refractivity contribution is -0.219. The molecule has 0 amide bonds. The van der Waals surface area contributed by atoms with Crippen molar-refractivity contribution < 1.29 is 0 Å². The Balaban J connectivity index is 1.05. The second-order valence-corrected chi connectivity index (χ2v) is 16.9. The molecule has 7 aromatic carbocycles. The normalized spacial score (nSPS) is 20.0. The molecule has 7 heteroatoms. The van der Waals surface area contributed by atoms with Crippen LogP contribution in [0.5, 0.6) is 0 Å². The molecule has 3 saturated carbocycles. The van der Waals surface area contributed by atoms with Crippen LogP contribution >= 0.6 is 0 Å². The van der Waals surface area contributed by atoms with Gasteiger partial charge in [-0.05, 0) is 89.1 Å². The summed E-state index contributed by atoms with van der Waals surface area (Å²) in [6, 6.07) is 59.0. The Morgan fingerprint density at radius 2 is 0.933 bits per heavy atom. The maximum Gasteiger partial charge on any atom is 0.238 e. The molecule has 0 N–H and O–H groups in total. The summed E-state index contributed by atoms with van der Waals surface area (Å²) in [6.07, 6.45) is 4.03. The average Bonchev–Trinajstić information content (AvgIpc) is 3.65. The van der Waals surface area contributed by atoms with Crippen LogP contribution in [0.2, 0.25) is 0 Å². The predicted molar refractivity (Wildman–Crippen MR) is 238 cm³/mol. The third-order valence-electron chi connectivity index (χ3n) is 13.7. The fourth-order valence-electron chi connectivity index (χ4n) is 11.0. The van der Waals surface area contributed by atoms with Crippen LogP contribution in [0.25, 0.3) is 95.5 Å². The molecule has 0 radical (unpaired) electrons. The predicted octanol–water partition coefficient (Wildman–Crippen LogP) is 11.9. The first kappa shape index (κ1) is 33.6. The number of aromatic nitrogens is 7. The number of benzene rings is 7. The van der Waals surface area contributed by atoms with Gasteiger partial charge in [0.2, 0.25) is 5.95 Å². The molecule has 3 heterocycles. The van der Waals surface area contributed by atoms with Crippen LogP contribution < -0.4 is 0 Å². The SMILES string of the molecule is c1ccc(-c2nc(-c3ccccc3)nc(-c3cc(-c4nc(-c5cccc(C67CC8CC(C6)C87)c5)nc(-n5c6ccccc6c6ccccc65)n4)c4ccccc4c3)n2)cc1. The van der Waals surface area contributed by atoms with E-state index in [-0.39, 0.29) is 0 Å². The van der Waals surface area contributed by atoms with Gasteiger partial charge < -0.3 is 0 Å². The first-order valence-electron chi connectivity index (χ1n) is 20.9. The van der Waals surface area contributed by atoms with E-state index in [0.717, 1.165) is 78.1 Å². The highest BCUT2D eigenvalue weighted by Gasteiger charge is 2.71. The van der Waals surface area contributed by atoms with E-state index in [9.17, 15) is 0 Å². The number of fused-ring (bicyclic) bond motifs is 4. The lowest BCUT2D eigenvalue weighted by Gasteiger charge is -2.76. The number of rotatable bonds is 7. The summed E-state index contributed by atoms with van der Waals surface area (Å²) in [5.74, 6) is 6.30. The third kappa shape index (κ3) is 5.02. The van der Waals surface area contributed by atoms with Crippen molar-refractivity contribution >= 4 is 32.6 Å². The molecule has 3 aliphatic rings. The molecule has 284 valence electrons. The summed E-state index contributed by atoms with van der Waals surface area (Å²) in [5.41, 5.74) is 8.43. The van der Waals surface area contributed by atoms with E-state index in [0.29, 0.717) is 40.5 Å². The molecule has 3 aliphatic carbocycles. The minimum absolute atomic E-state index is 0.321. The van der Waals surface area contributed by atoms with Crippen molar-refractivity contribution in [2.75, 3.05) is 0 Å². The van der Waals surface area contributed by atoms with Gasteiger partial charge in [-0.15, -0.1) is 0 Å². The molecule has 13 rings (SSSR count). The van der Waals surface area contributed by atoms with Gasteiger partial charge in [-0.2, -0.15) is 9.97 Å². The van der Waals surface area contributed by atoms with Crippen LogP contribution in [0.15, 0.2) is 170 Å². The highest BCUT2D eigenvalue weighted by atomic mass is 15.2. The summed E-state index contributed by atoms with van der Waals surface area (Å²) >= 11 is 0. The Kier molecular flexibility index (Phi) is 7.17. The molecule has 0 saturated heterocycles. The fourth-order valence-corrected chi connectivity index (χ4v) is 11.0. The zero-order chi connectivity index (χ0) is 39.4. The lowest BCUT2D eigenvalue weighted by Crippen LogP contribution is -2.71. The van der Waals surface area contributed by atoms with Crippen molar-refractivity contribution in [3.05, 3.63) is 175 Å². The number of nitrogens with zero attached hydrogens (tertiary/aromatic N) is 7. The van der Waals surface area contributed by atoms with Gasteiger partial charge in [0.15, 0.2) is 29.1 Å². The van der Waals surface area contributed by atoms with E-state index < -0.39 is 0 Å². The van der Waals surface area contributed by atoms with Gasteiger partial charge in [0, 0.05) is 38.6 Å². The van der Waals surface area contributed by atoms with Gasteiger partial charge >= 0.3 is 0 Å². The molecule has 2 unspecified atom stereocenters. The first-order chi connectivity index (χ1) is 29.7. The van der Waals surface area contributed by atoms with Crippen molar-refractivity contribution in [2.45, 2.75) is 24.7 Å². The maximum absolute atomic E-state index is 5.41. The minimum Gasteiger partial charge on any atom is -0.278 e. The van der Waals surface area contributed by atoms with Crippen LogP contribution in [0.4, 0.5) is 0 Å². The van der Waals surface area contributed by atoms with E-state index in [1.807, 2.05) is 60.7 Å². The number of hydrogen-bond donors (Lipinski definition) is 0. The molecule has 60 heavy (non-hydrogen) atoms. The standard InChI is InChI=1S/C53H37N7/c1-3-14-32(15-4-1)47-54-48(33-16-5-2-6-17-33)56-50(55-47)36-26-34-18-7-8-21-40(34)43(29-36)51-57-49(35-19-13-20-39(28-35)53-30-37-27-38(31-53)46(37)53)58-52(59-51)60-44-24-11-9-22-41(44)42-23-10-12-25-45(42)60/h1-26,28-29,37-38,46H,27,30-31H2. The Morgan fingerprint density at radius 3 is 1.57 bits per heavy atom. The average molecular weight is 772 g/mol. The quantitative estimate of drug-likeness (QED) is 0.160. The van der Waals surface area contributed by atoms with E-state index in [1.54, 1.807) is 0 Å². The smallest absolute Gasteiger partial charge is 0.238 e. The molecule has 7 nitrogen and oxygen atoms in total. The van der Waals surface area contributed by atoms with Gasteiger partial charge in [0.1, 0.15) is 0 Å². The third-order valence-corrected chi connectivity index (χ3v) is 13.7. The van der Waals surface area contributed by atoms with Crippen molar-refractivity contribution in [3.63, 3.8) is 0 Å². The van der Waals surface area contributed by atoms with Gasteiger partial charge in [0.05, 0.1) is 11.0 Å². The molecule has 2 atom stereocenters. The van der Waals surface area contributed by atoms with Gasteiger partial charge in [-0.3, -0.25) is 4.57 Å². The van der Waals surface area contributed by atoms with E-state index in [2.05, 4.69) is 114 Å². The van der Waals surface area contributed by atoms with E-state index >= 15 is 0 Å². The summed E-state index contributed by atoms with van der Waals surface area (Å²) < 4.78 is 2.19. The number of para-hydroxylation sites is 2. The van der Waals surface area contributed by atoms with Crippen molar-refractivity contribution in [1.82, 2.24) is 34.5 Å². The molecule has 3 aromatic heterocycles. The molecule has 10 aromatic rings. The second-order valence-electron chi connectivity index (χ2n) is 16.9. The van der Waals surface area contributed by atoms with E-state index in [4.69, 9.17) is 29.9 Å². The summed E-state index contributed by atoms with van der Waals surface area (Å²) in [7, 11) is 0. The largest absolute Gasteiger partial charge is 0.278 e. The lowest BCUT2D eigenvalue weighted by atomic mass is 9.28. The van der Waals surface area contributed by atoms with Crippen molar-refractivity contribution in [3.8, 4) is 62.9 Å². The number of hydrogen-bond acceptors (Lipinski definition) is 6. The summed E-state index contributed by atoms with van der Waals surface area (Å²) in [4.78, 5) is 31.4. The van der Waals surface area contributed by atoms with Gasteiger partial charge in [-0.25, -0.2) is 19.9 Å². The Labute approximate surface area is 346 Å². The van der Waals surface area contributed by atoms with Gasteiger partial charge in [-0.1, -0.05) is 140 Å².